The zero-order valence-electron chi connectivity index (χ0n) is 18.6. The van der Waals surface area contributed by atoms with E-state index in [2.05, 4.69) is 16.3 Å². The van der Waals surface area contributed by atoms with Gasteiger partial charge in [-0.3, -0.25) is 9.48 Å². The van der Waals surface area contributed by atoms with Crippen LogP contribution < -0.4 is 0 Å². The van der Waals surface area contributed by atoms with Gasteiger partial charge in [0.15, 0.2) is 11.5 Å². The molecule has 0 spiro atoms. The van der Waals surface area contributed by atoms with Gasteiger partial charge in [-0.1, -0.05) is 24.3 Å². The average Bonchev–Trinajstić information content (AvgIpc) is 3.34. The van der Waals surface area contributed by atoms with Gasteiger partial charge in [-0.2, -0.15) is 10.2 Å². The van der Waals surface area contributed by atoms with Crippen LogP contribution in [0.3, 0.4) is 0 Å². The highest BCUT2D eigenvalue weighted by Crippen LogP contribution is 2.35. The minimum atomic E-state index is -0.737. The van der Waals surface area contributed by atoms with Gasteiger partial charge in [0, 0.05) is 49.1 Å². The number of rotatable bonds is 3. The van der Waals surface area contributed by atoms with E-state index in [4.69, 9.17) is 0 Å². The predicted molar refractivity (Wildman–Crippen MR) is 119 cm³/mol. The van der Waals surface area contributed by atoms with Crippen LogP contribution in [0.15, 0.2) is 54.7 Å². The summed E-state index contributed by atoms with van der Waals surface area (Å²) in [5, 5.41) is 8.76. The van der Waals surface area contributed by atoms with Crippen molar-refractivity contribution in [1.29, 1.82) is 0 Å². The van der Waals surface area contributed by atoms with Crippen LogP contribution >= 0.6 is 0 Å². The lowest BCUT2D eigenvalue weighted by atomic mass is 9.85. The Morgan fingerprint density at radius 2 is 1.85 bits per heavy atom. The Morgan fingerprint density at radius 1 is 1.06 bits per heavy atom. The molecular formula is C25H23F2N5O. The summed E-state index contributed by atoms with van der Waals surface area (Å²) in [5.74, 6) is -1.65. The minimum absolute atomic E-state index is 0.00896. The topological polar surface area (TPSA) is 56.0 Å². The Balaban J connectivity index is 1.50. The third-order valence-electron chi connectivity index (χ3n) is 6.37. The van der Waals surface area contributed by atoms with Gasteiger partial charge < -0.3 is 4.90 Å². The fourth-order valence-electron chi connectivity index (χ4n) is 4.52. The van der Waals surface area contributed by atoms with Gasteiger partial charge in [-0.15, -0.1) is 0 Å². The van der Waals surface area contributed by atoms with Gasteiger partial charge in [0.1, 0.15) is 11.5 Å². The smallest absolute Gasteiger partial charge is 0.274 e. The van der Waals surface area contributed by atoms with Gasteiger partial charge in [-0.25, -0.2) is 13.5 Å². The zero-order chi connectivity index (χ0) is 23.3. The third-order valence-corrected chi connectivity index (χ3v) is 6.37. The van der Waals surface area contributed by atoms with Crippen LogP contribution in [-0.2, 0) is 13.6 Å². The van der Waals surface area contributed by atoms with E-state index in [9.17, 15) is 13.6 Å². The Morgan fingerprint density at radius 3 is 2.58 bits per heavy atom. The highest BCUT2D eigenvalue weighted by Gasteiger charge is 2.32. The molecule has 3 heterocycles. The van der Waals surface area contributed by atoms with Crippen molar-refractivity contribution < 1.29 is 13.6 Å². The molecule has 6 nitrogen and oxygen atoms in total. The van der Waals surface area contributed by atoms with E-state index in [1.807, 2.05) is 43.0 Å². The molecular weight excluding hydrogens is 424 g/mol. The normalized spacial score (nSPS) is 15.5. The Hall–Kier alpha value is -3.81. The molecule has 0 aliphatic carbocycles. The maximum absolute atomic E-state index is 14.3. The quantitative estimate of drug-likeness (QED) is 0.471. The molecule has 0 saturated carbocycles. The number of benzene rings is 2. The summed E-state index contributed by atoms with van der Waals surface area (Å²) >= 11 is 0. The van der Waals surface area contributed by atoms with Gasteiger partial charge in [0.25, 0.3) is 5.91 Å². The number of fused-ring (bicyclic) bond motifs is 1. The molecule has 1 atom stereocenters. The molecule has 2 aromatic carbocycles. The van der Waals surface area contributed by atoms with Gasteiger partial charge in [0.2, 0.25) is 0 Å². The zero-order valence-corrected chi connectivity index (χ0v) is 18.6. The molecule has 168 valence electrons. The van der Waals surface area contributed by atoms with Crippen LogP contribution in [0.25, 0.3) is 5.69 Å². The lowest BCUT2D eigenvalue weighted by Gasteiger charge is -2.34. The first-order valence-corrected chi connectivity index (χ1v) is 10.7. The molecule has 1 aliphatic heterocycles. The molecule has 0 radical (unpaired) electrons. The van der Waals surface area contributed by atoms with E-state index >= 15 is 0 Å². The summed E-state index contributed by atoms with van der Waals surface area (Å²) < 4.78 is 30.8. The monoisotopic (exact) mass is 447 g/mol. The molecule has 1 aliphatic rings. The number of hydrogen-bond donors (Lipinski definition) is 0. The lowest BCUT2D eigenvalue weighted by molar-refractivity contribution is 0.0718. The number of aromatic nitrogens is 4. The average molecular weight is 447 g/mol. The Labute approximate surface area is 190 Å². The van der Waals surface area contributed by atoms with E-state index in [-0.39, 0.29) is 23.2 Å². The van der Waals surface area contributed by atoms with Crippen LogP contribution in [0, 0.1) is 25.5 Å². The van der Waals surface area contributed by atoms with E-state index in [1.54, 1.807) is 17.9 Å². The molecule has 0 saturated heterocycles. The molecule has 0 bridgehead atoms. The van der Waals surface area contributed by atoms with Crippen molar-refractivity contribution in [3.63, 3.8) is 0 Å². The predicted octanol–water partition coefficient (Wildman–Crippen LogP) is 4.29. The number of carbonyl (C=O) groups is 1. The number of amides is 1. The standard InChI is InChI=1S/C25H23F2N5O/c1-15-10-23(29-32(15)24-9-8-18(26)11-22(24)27)25(33)31-13-17-6-4-5-7-19(17)21(14-31)20-12-28-30(3)16(20)2/h4-12,21H,13-14H2,1-3H3. The maximum Gasteiger partial charge on any atom is 0.274 e. The Bertz CT molecular complexity index is 1370. The first kappa shape index (κ1) is 21.1. The van der Waals surface area contributed by atoms with Gasteiger partial charge in [-0.05, 0) is 43.2 Å². The van der Waals surface area contributed by atoms with E-state index < -0.39 is 11.6 Å². The van der Waals surface area contributed by atoms with Crippen LogP contribution in [0.4, 0.5) is 8.78 Å². The van der Waals surface area contributed by atoms with Crippen LogP contribution in [0.5, 0.6) is 0 Å². The number of carbonyl (C=O) groups excluding carboxylic acids is 1. The van der Waals surface area contributed by atoms with E-state index in [0.717, 1.165) is 22.9 Å². The lowest BCUT2D eigenvalue weighted by Crippen LogP contribution is -2.39. The third kappa shape index (κ3) is 3.61. The largest absolute Gasteiger partial charge is 0.332 e. The molecule has 4 aromatic rings. The van der Waals surface area contributed by atoms with Crippen molar-refractivity contribution in [2.45, 2.75) is 26.3 Å². The van der Waals surface area contributed by atoms with E-state index in [0.29, 0.717) is 18.8 Å². The van der Waals surface area contributed by atoms with Crippen molar-refractivity contribution in [2.75, 3.05) is 6.54 Å². The second-order valence-electron chi connectivity index (χ2n) is 8.42. The highest BCUT2D eigenvalue weighted by atomic mass is 19.1. The van der Waals surface area contributed by atoms with Crippen LogP contribution in [0.1, 0.15) is 44.5 Å². The van der Waals surface area contributed by atoms with Crippen molar-refractivity contribution >= 4 is 5.91 Å². The molecule has 1 unspecified atom stereocenters. The summed E-state index contributed by atoms with van der Waals surface area (Å²) in [5.41, 5.74) is 5.30. The van der Waals surface area contributed by atoms with Crippen molar-refractivity contribution in [1.82, 2.24) is 24.5 Å². The summed E-state index contributed by atoms with van der Waals surface area (Å²) in [7, 11) is 1.90. The molecule has 8 heteroatoms. The molecule has 1 amide bonds. The van der Waals surface area contributed by atoms with Crippen molar-refractivity contribution in [3.8, 4) is 5.69 Å². The number of aryl methyl sites for hydroxylation is 2. The fraction of sp³-hybridized carbons (Fsp3) is 0.240. The molecule has 0 N–H and O–H groups in total. The van der Waals surface area contributed by atoms with Gasteiger partial charge >= 0.3 is 0 Å². The summed E-state index contributed by atoms with van der Waals surface area (Å²) in [6.07, 6.45) is 1.86. The SMILES string of the molecule is Cc1c(C2CN(C(=O)c3cc(C)n(-c4ccc(F)cc4F)n3)Cc3ccccc32)cnn1C. The Kier molecular flexibility index (Phi) is 5.08. The second kappa shape index (κ2) is 7.95. The molecule has 2 aromatic heterocycles. The first-order chi connectivity index (χ1) is 15.8. The fourth-order valence-corrected chi connectivity index (χ4v) is 4.52. The first-order valence-electron chi connectivity index (χ1n) is 10.7. The number of halogens is 2. The maximum atomic E-state index is 14.3. The van der Waals surface area contributed by atoms with Gasteiger partial charge in [0.05, 0.1) is 6.20 Å². The second-order valence-corrected chi connectivity index (χ2v) is 8.42. The molecule has 33 heavy (non-hydrogen) atoms. The van der Waals surface area contributed by atoms with E-state index in [1.165, 1.54) is 22.4 Å². The highest BCUT2D eigenvalue weighted by molar-refractivity contribution is 5.92. The van der Waals surface area contributed by atoms with Crippen LogP contribution in [-0.4, -0.2) is 36.9 Å². The summed E-state index contributed by atoms with van der Waals surface area (Å²) in [6.45, 7) is 4.70. The molecule has 5 rings (SSSR count). The summed E-state index contributed by atoms with van der Waals surface area (Å²) in [6, 6.07) is 13.0. The minimum Gasteiger partial charge on any atom is -0.332 e. The van der Waals surface area contributed by atoms with Crippen molar-refractivity contribution in [2.24, 2.45) is 7.05 Å². The van der Waals surface area contributed by atoms with Crippen molar-refractivity contribution in [3.05, 3.63) is 100 Å². The molecule has 0 fully saturated rings. The number of nitrogens with zero attached hydrogens (tertiary/aromatic N) is 5. The number of hydrogen-bond acceptors (Lipinski definition) is 3. The summed E-state index contributed by atoms with van der Waals surface area (Å²) in [4.78, 5) is 15.3. The van der Waals surface area contributed by atoms with Crippen LogP contribution in [0.2, 0.25) is 0 Å².